The molecule has 30 heavy (non-hydrogen) atoms. The number of thiocarbonyl (C=S) groups is 1. The Morgan fingerprint density at radius 1 is 1.30 bits per heavy atom. The smallest absolute Gasteiger partial charge is 0.414 e. The van der Waals surface area contributed by atoms with E-state index < -0.39 is 12.2 Å². The molecule has 10 heteroatoms. The molecule has 4 atom stereocenters. The zero-order valence-electron chi connectivity index (χ0n) is 16.8. The standard InChI is InChI=1S/C20H26FN5O3S/c1-11(27)23-7-16-10-26(20(28)29-16)15-2-3-18(17(21)6-15)25-8-12-4-14(24-19(22)30)5-13(12)9-25/h2-3,6,12-14,16H,4-5,7-10H2,1H3,(H,23,27)(H3,22,24,30)/t12-,13+,14?,16-/m0/s1. The lowest BCUT2D eigenvalue weighted by Gasteiger charge is -2.23. The molecule has 3 aliphatic rings. The number of fused-ring (bicyclic) bond motifs is 1. The van der Waals surface area contributed by atoms with Gasteiger partial charge in [-0.05, 0) is 55.1 Å². The van der Waals surface area contributed by atoms with Crippen molar-refractivity contribution < 1.29 is 18.7 Å². The molecular weight excluding hydrogens is 409 g/mol. The molecule has 1 unspecified atom stereocenters. The Labute approximate surface area is 179 Å². The van der Waals surface area contributed by atoms with Gasteiger partial charge in [0.15, 0.2) is 5.11 Å². The number of amides is 2. The van der Waals surface area contributed by atoms with Gasteiger partial charge in [-0.3, -0.25) is 9.69 Å². The Hall–Kier alpha value is -2.62. The van der Waals surface area contributed by atoms with Crippen LogP contribution in [0.1, 0.15) is 19.8 Å². The minimum absolute atomic E-state index is 0.192. The van der Waals surface area contributed by atoms with E-state index in [9.17, 15) is 14.0 Å². The van der Waals surface area contributed by atoms with Crippen molar-refractivity contribution in [3.63, 3.8) is 0 Å². The number of ether oxygens (including phenoxy) is 1. The van der Waals surface area contributed by atoms with Gasteiger partial charge >= 0.3 is 6.09 Å². The van der Waals surface area contributed by atoms with Gasteiger partial charge in [-0.15, -0.1) is 0 Å². The first-order valence-corrected chi connectivity index (χ1v) is 10.5. The second-order valence-corrected chi connectivity index (χ2v) is 8.73. The largest absolute Gasteiger partial charge is 0.442 e. The Bertz CT molecular complexity index is 855. The van der Waals surface area contributed by atoms with Gasteiger partial charge in [0.2, 0.25) is 5.91 Å². The molecule has 162 valence electrons. The fourth-order valence-electron chi connectivity index (χ4n) is 4.83. The van der Waals surface area contributed by atoms with E-state index in [1.165, 1.54) is 17.9 Å². The number of nitrogens with two attached hydrogens (primary N) is 1. The summed E-state index contributed by atoms with van der Waals surface area (Å²) in [5.41, 5.74) is 6.58. The number of carbonyl (C=O) groups excluding carboxylic acids is 2. The lowest BCUT2D eigenvalue weighted by Crippen LogP contribution is -2.38. The van der Waals surface area contributed by atoms with Gasteiger partial charge < -0.3 is 26.0 Å². The number of nitrogens with one attached hydrogen (secondary N) is 2. The van der Waals surface area contributed by atoms with Crippen molar-refractivity contribution in [1.29, 1.82) is 0 Å². The Morgan fingerprint density at radius 3 is 2.60 bits per heavy atom. The third kappa shape index (κ3) is 4.28. The number of cyclic esters (lactones) is 1. The second kappa shape index (κ2) is 8.25. The van der Waals surface area contributed by atoms with Crippen LogP contribution >= 0.6 is 12.2 Å². The van der Waals surface area contributed by atoms with Gasteiger partial charge in [0.05, 0.1) is 24.5 Å². The molecule has 0 spiro atoms. The van der Waals surface area contributed by atoms with Crippen LogP contribution in [0.5, 0.6) is 0 Å². The van der Waals surface area contributed by atoms with Gasteiger partial charge in [0.25, 0.3) is 0 Å². The van der Waals surface area contributed by atoms with Crippen molar-refractivity contribution in [3.05, 3.63) is 24.0 Å². The molecule has 0 bridgehead atoms. The van der Waals surface area contributed by atoms with E-state index in [0.29, 0.717) is 34.4 Å². The summed E-state index contributed by atoms with van der Waals surface area (Å²) in [5, 5.41) is 6.10. The zero-order valence-corrected chi connectivity index (χ0v) is 17.6. The summed E-state index contributed by atoms with van der Waals surface area (Å²) >= 11 is 4.93. The third-order valence-corrected chi connectivity index (χ3v) is 6.25. The van der Waals surface area contributed by atoms with Gasteiger partial charge in [-0.1, -0.05) is 0 Å². The normalized spacial score (nSPS) is 27.7. The SMILES string of the molecule is CC(=O)NC[C@H]1CN(c2ccc(N3C[C@H]4CC(NC(N)=S)C[C@H]4C3)c(F)c2)C(=O)O1. The average Bonchev–Trinajstić information content (AvgIpc) is 3.32. The van der Waals surface area contributed by atoms with E-state index in [-0.39, 0.29) is 24.8 Å². The maximum absolute atomic E-state index is 14.9. The lowest BCUT2D eigenvalue weighted by atomic mass is 10.0. The fraction of sp³-hybridized carbons (Fsp3) is 0.550. The van der Waals surface area contributed by atoms with Gasteiger partial charge in [0, 0.05) is 26.1 Å². The molecule has 1 aromatic rings. The molecular formula is C20H26FN5O3S. The Morgan fingerprint density at radius 2 is 2.00 bits per heavy atom. The van der Waals surface area contributed by atoms with E-state index in [1.54, 1.807) is 12.1 Å². The van der Waals surface area contributed by atoms with Crippen LogP contribution in [0.3, 0.4) is 0 Å². The molecule has 2 aliphatic heterocycles. The summed E-state index contributed by atoms with van der Waals surface area (Å²) in [6.45, 7) is 3.49. The van der Waals surface area contributed by atoms with Crippen molar-refractivity contribution in [3.8, 4) is 0 Å². The fourth-order valence-corrected chi connectivity index (χ4v) is 5.00. The van der Waals surface area contributed by atoms with E-state index >= 15 is 0 Å². The van der Waals surface area contributed by atoms with Gasteiger partial charge in [-0.25, -0.2) is 9.18 Å². The first kappa shape index (κ1) is 20.6. The highest BCUT2D eigenvalue weighted by Gasteiger charge is 2.41. The Balaban J connectivity index is 1.38. The number of halogens is 1. The van der Waals surface area contributed by atoms with E-state index in [2.05, 4.69) is 15.5 Å². The summed E-state index contributed by atoms with van der Waals surface area (Å²) in [6.07, 6.45) is 0.968. The Kier molecular flexibility index (Phi) is 5.68. The first-order valence-electron chi connectivity index (χ1n) is 10.1. The van der Waals surface area contributed by atoms with Crippen molar-refractivity contribution in [2.45, 2.75) is 31.9 Å². The molecule has 1 aliphatic carbocycles. The zero-order chi connectivity index (χ0) is 21.4. The van der Waals surface area contributed by atoms with E-state index in [1.807, 2.05) is 0 Å². The van der Waals surface area contributed by atoms with Crippen LogP contribution in [0, 0.1) is 17.7 Å². The summed E-state index contributed by atoms with van der Waals surface area (Å²) in [5.74, 6) is 0.421. The van der Waals surface area contributed by atoms with Crippen LogP contribution in [0.25, 0.3) is 0 Å². The highest BCUT2D eigenvalue weighted by atomic mass is 32.1. The molecule has 4 N–H and O–H groups in total. The number of hydrogen-bond acceptors (Lipinski definition) is 5. The first-order chi connectivity index (χ1) is 14.3. The van der Waals surface area contributed by atoms with Crippen molar-refractivity contribution in [1.82, 2.24) is 10.6 Å². The number of hydrogen-bond donors (Lipinski definition) is 3. The van der Waals surface area contributed by atoms with Crippen LogP contribution in [-0.4, -0.2) is 55.4 Å². The average molecular weight is 436 g/mol. The predicted molar refractivity (Wildman–Crippen MR) is 115 cm³/mol. The molecule has 1 aromatic carbocycles. The third-order valence-electron chi connectivity index (χ3n) is 6.13. The molecule has 8 nitrogen and oxygen atoms in total. The highest BCUT2D eigenvalue weighted by molar-refractivity contribution is 7.80. The van der Waals surface area contributed by atoms with Crippen LogP contribution in [0.4, 0.5) is 20.6 Å². The molecule has 1 saturated carbocycles. The number of anilines is 2. The number of carbonyl (C=O) groups is 2. The van der Waals surface area contributed by atoms with Crippen molar-refractivity contribution >= 4 is 40.7 Å². The van der Waals surface area contributed by atoms with Crippen LogP contribution < -0.4 is 26.2 Å². The molecule has 0 radical (unpaired) electrons. The molecule has 2 saturated heterocycles. The highest BCUT2D eigenvalue weighted by Crippen LogP contribution is 2.41. The van der Waals surface area contributed by atoms with Crippen LogP contribution in [0.15, 0.2) is 18.2 Å². The van der Waals surface area contributed by atoms with E-state index in [4.69, 9.17) is 22.7 Å². The van der Waals surface area contributed by atoms with Gasteiger partial charge in [-0.2, -0.15) is 0 Å². The monoisotopic (exact) mass is 435 g/mol. The molecule has 3 fully saturated rings. The molecule has 0 aromatic heterocycles. The van der Waals surface area contributed by atoms with Crippen molar-refractivity contribution in [2.24, 2.45) is 17.6 Å². The van der Waals surface area contributed by atoms with Gasteiger partial charge in [0.1, 0.15) is 11.9 Å². The second-order valence-electron chi connectivity index (χ2n) is 8.29. The topological polar surface area (TPSA) is 99.9 Å². The maximum Gasteiger partial charge on any atom is 0.414 e. The summed E-state index contributed by atoms with van der Waals surface area (Å²) in [7, 11) is 0. The molecule has 2 heterocycles. The van der Waals surface area contributed by atoms with E-state index in [0.717, 1.165) is 25.9 Å². The quantitative estimate of drug-likeness (QED) is 0.600. The van der Waals surface area contributed by atoms with Crippen LogP contribution in [-0.2, 0) is 9.53 Å². The van der Waals surface area contributed by atoms with Crippen molar-refractivity contribution in [2.75, 3.05) is 36.0 Å². The predicted octanol–water partition coefficient (Wildman–Crippen LogP) is 1.33. The maximum atomic E-state index is 14.9. The minimum Gasteiger partial charge on any atom is -0.442 e. The summed E-state index contributed by atoms with van der Waals surface area (Å²) in [4.78, 5) is 26.7. The summed E-state index contributed by atoms with van der Waals surface area (Å²) < 4.78 is 20.2. The number of nitrogens with zero attached hydrogens (tertiary/aromatic N) is 2. The minimum atomic E-state index is -0.537. The molecule has 4 rings (SSSR count). The van der Waals surface area contributed by atoms with Crippen LogP contribution in [0.2, 0.25) is 0 Å². The number of rotatable bonds is 5. The summed E-state index contributed by atoms with van der Waals surface area (Å²) in [6, 6.07) is 5.15. The molecule has 2 amide bonds. The lowest BCUT2D eigenvalue weighted by molar-refractivity contribution is -0.119. The number of benzene rings is 1.